The molecule has 0 bridgehead atoms. The normalized spacial score (nSPS) is 27.2. The number of hydrogen-bond acceptors (Lipinski definition) is 2. The molecule has 1 unspecified atom stereocenters. The van der Waals surface area contributed by atoms with Gasteiger partial charge in [0.05, 0.1) is 5.02 Å². The Kier molecular flexibility index (Phi) is 4.04. The molecule has 0 radical (unpaired) electrons. The molecule has 1 N–H and O–H groups in total. The lowest BCUT2D eigenvalue weighted by Gasteiger charge is -2.46. The maximum Gasteiger partial charge on any atom is 0.149 e. The molecule has 5 heteroatoms. The molecular weight excluding hydrogens is 339 g/mol. The summed E-state index contributed by atoms with van der Waals surface area (Å²) in [6.07, 6.45) is 0.849. The largest absolute Gasteiger partial charge is 0.384 e. The second kappa shape index (κ2) is 4.97. The van der Waals surface area contributed by atoms with Crippen LogP contribution in [0.1, 0.15) is 25.8 Å². The molecule has 1 saturated heterocycles. The zero-order chi connectivity index (χ0) is 13.6. The van der Waals surface area contributed by atoms with E-state index in [1.54, 1.807) is 23.9 Å². The third-order valence-electron chi connectivity index (χ3n) is 3.78. The molecule has 1 atom stereocenters. The van der Waals surface area contributed by atoms with E-state index in [4.69, 9.17) is 11.6 Å². The average Bonchev–Trinajstić information content (AvgIpc) is 2.30. The van der Waals surface area contributed by atoms with Crippen LogP contribution in [0.15, 0.2) is 16.6 Å². The van der Waals surface area contributed by atoms with Crippen molar-refractivity contribution in [2.24, 2.45) is 5.41 Å². The Bertz CT molecular complexity index is 480. The van der Waals surface area contributed by atoms with Crippen LogP contribution in [0, 0.1) is 11.2 Å². The Morgan fingerprint density at radius 3 is 2.72 bits per heavy atom. The maximum absolute atomic E-state index is 14.3. The van der Waals surface area contributed by atoms with E-state index in [1.165, 1.54) is 0 Å². The molecule has 0 amide bonds. The van der Waals surface area contributed by atoms with Gasteiger partial charge in [-0.05, 0) is 39.6 Å². The van der Waals surface area contributed by atoms with Crippen LogP contribution in [0.25, 0.3) is 0 Å². The minimum atomic E-state index is -1.18. The molecular formula is C13H15BrClFOS. The summed E-state index contributed by atoms with van der Waals surface area (Å²) in [5, 5.41) is 11.0. The monoisotopic (exact) mass is 352 g/mol. The minimum absolute atomic E-state index is 0.0345. The van der Waals surface area contributed by atoms with Crippen LogP contribution in [0.2, 0.25) is 5.02 Å². The van der Waals surface area contributed by atoms with Gasteiger partial charge < -0.3 is 5.11 Å². The van der Waals surface area contributed by atoms with Crippen molar-refractivity contribution in [1.29, 1.82) is 0 Å². The minimum Gasteiger partial charge on any atom is -0.384 e. The third kappa shape index (κ3) is 2.21. The second-order valence-electron chi connectivity index (χ2n) is 5.27. The Morgan fingerprint density at radius 1 is 1.44 bits per heavy atom. The molecule has 1 aromatic carbocycles. The van der Waals surface area contributed by atoms with E-state index >= 15 is 0 Å². The fourth-order valence-electron chi connectivity index (χ4n) is 2.24. The quantitative estimate of drug-likeness (QED) is 0.745. The second-order valence-corrected chi connectivity index (χ2v) is 7.61. The van der Waals surface area contributed by atoms with Gasteiger partial charge in [-0.3, -0.25) is 0 Å². The molecule has 0 saturated carbocycles. The molecule has 1 aromatic rings. The number of benzene rings is 1. The smallest absolute Gasteiger partial charge is 0.149 e. The van der Waals surface area contributed by atoms with Crippen LogP contribution in [0.5, 0.6) is 0 Å². The first-order chi connectivity index (χ1) is 8.29. The maximum atomic E-state index is 14.3. The van der Waals surface area contributed by atoms with E-state index in [2.05, 4.69) is 15.9 Å². The molecule has 1 nitrogen and oxygen atoms in total. The highest BCUT2D eigenvalue weighted by molar-refractivity contribution is 9.10. The van der Waals surface area contributed by atoms with Gasteiger partial charge in [0.2, 0.25) is 0 Å². The van der Waals surface area contributed by atoms with E-state index in [0.717, 1.165) is 12.2 Å². The molecule has 100 valence electrons. The summed E-state index contributed by atoms with van der Waals surface area (Å²) in [6.45, 7) is 3.95. The zero-order valence-electron chi connectivity index (χ0n) is 10.3. The molecule has 1 fully saturated rings. The summed E-state index contributed by atoms with van der Waals surface area (Å²) >= 11 is 10.8. The highest BCUT2D eigenvalue weighted by Gasteiger charge is 2.48. The van der Waals surface area contributed by atoms with Crippen molar-refractivity contribution in [2.75, 3.05) is 11.5 Å². The van der Waals surface area contributed by atoms with Crippen molar-refractivity contribution in [1.82, 2.24) is 0 Å². The number of thioether (sulfide) groups is 1. The van der Waals surface area contributed by atoms with Gasteiger partial charge in [-0.15, -0.1) is 0 Å². The van der Waals surface area contributed by atoms with Crippen molar-refractivity contribution in [3.8, 4) is 0 Å². The first-order valence-corrected chi connectivity index (χ1v) is 8.06. The molecule has 1 heterocycles. The van der Waals surface area contributed by atoms with E-state index in [0.29, 0.717) is 15.8 Å². The molecule has 0 spiro atoms. The van der Waals surface area contributed by atoms with Crippen LogP contribution < -0.4 is 0 Å². The van der Waals surface area contributed by atoms with E-state index in [9.17, 15) is 9.50 Å². The Morgan fingerprint density at radius 2 is 2.11 bits per heavy atom. The van der Waals surface area contributed by atoms with Crippen LogP contribution in [-0.4, -0.2) is 16.6 Å². The number of aliphatic hydroxyl groups is 1. The van der Waals surface area contributed by atoms with E-state index < -0.39 is 11.4 Å². The Labute approximate surface area is 124 Å². The summed E-state index contributed by atoms with van der Waals surface area (Å²) in [4.78, 5) is 0. The van der Waals surface area contributed by atoms with Gasteiger partial charge in [0.1, 0.15) is 11.4 Å². The highest BCUT2D eigenvalue weighted by atomic mass is 79.9. The van der Waals surface area contributed by atoms with Crippen LogP contribution in [0.3, 0.4) is 0 Å². The van der Waals surface area contributed by atoms with Crippen molar-refractivity contribution >= 4 is 39.3 Å². The topological polar surface area (TPSA) is 20.2 Å². The predicted octanol–water partition coefficient (Wildman–Crippen LogP) is 4.59. The van der Waals surface area contributed by atoms with Gasteiger partial charge in [0, 0.05) is 15.8 Å². The van der Waals surface area contributed by atoms with Crippen molar-refractivity contribution in [3.63, 3.8) is 0 Å². The lowest BCUT2D eigenvalue weighted by Crippen LogP contribution is -2.47. The molecule has 0 aliphatic carbocycles. The summed E-state index contributed by atoms with van der Waals surface area (Å²) in [5.74, 6) is 0.958. The predicted molar refractivity (Wildman–Crippen MR) is 78.7 cm³/mol. The first kappa shape index (κ1) is 14.6. The molecule has 0 aromatic heterocycles. The van der Waals surface area contributed by atoms with Crippen LogP contribution in [-0.2, 0) is 5.60 Å². The van der Waals surface area contributed by atoms with Gasteiger partial charge >= 0.3 is 0 Å². The third-order valence-corrected chi connectivity index (χ3v) is 6.16. The summed E-state index contributed by atoms with van der Waals surface area (Å²) < 4.78 is 14.8. The van der Waals surface area contributed by atoms with Gasteiger partial charge in [0.25, 0.3) is 0 Å². The van der Waals surface area contributed by atoms with Gasteiger partial charge in [-0.1, -0.05) is 31.5 Å². The lowest BCUT2D eigenvalue weighted by atomic mass is 9.70. The molecule has 1 aliphatic rings. The average molecular weight is 354 g/mol. The number of halogens is 3. The summed E-state index contributed by atoms with van der Waals surface area (Å²) in [7, 11) is 0. The fraction of sp³-hybridized carbons (Fsp3) is 0.538. The molecule has 1 aliphatic heterocycles. The van der Waals surface area contributed by atoms with Crippen molar-refractivity contribution in [2.45, 2.75) is 25.9 Å². The lowest BCUT2D eigenvalue weighted by molar-refractivity contribution is -0.0604. The molecule has 18 heavy (non-hydrogen) atoms. The van der Waals surface area contributed by atoms with Crippen LogP contribution >= 0.6 is 39.3 Å². The standard InChI is InChI=1S/C13H15BrClFOS/c1-12(2)5-6-18-7-13(12,17)8-3-4-9(14)10(15)11(8)16/h3-4,17H,5-7H2,1-2H3. The van der Waals surface area contributed by atoms with E-state index in [-0.39, 0.29) is 10.4 Å². The van der Waals surface area contributed by atoms with Crippen molar-refractivity contribution < 1.29 is 9.50 Å². The zero-order valence-corrected chi connectivity index (χ0v) is 13.4. The summed E-state index contributed by atoms with van der Waals surface area (Å²) in [5.41, 5.74) is -1.24. The SMILES string of the molecule is CC1(C)CCSCC1(O)c1ccc(Br)c(Cl)c1F. The van der Waals surface area contributed by atoms with Crippen LogP contribution in [0.4, 0.5) is 4.39 Å². The number of rotatable bonds is 1. The van der Waals surface area contributed by atoms with E-state index in [1.807, 2.05) is 13.8 Å². The van der Waals surface area contributed by atoms with Gasteiger partial charge in [-0.2, -0.15) is 11.8 Å². The first-order valence-electron chi connectivity index (χ1n) is 5.74. The highest BCUT2D eigenvalue weighted by Crippen LogP contribution is 2.50. The fourth-order valence-corrected chi connectivity index (χ4v) is 4.35. The number of hydrogen-bond donors (Lipinski definition) is 1. The Balaban J connectivity index is 2.56. The Hall–Kier alpha value is 0.230. The molecule has 2 rings (SSSR count). The van der Waals surface area contributed by atoms with Gasteiger partial charge in [0.15, 0.2) is 0 Å². The van der Waals surface area contributed by atoms with Gasteiger partial charge in [-0.25, -0.2) is 4.39 Å². The summed E-state index contributed by atoms with van der Waals surface area (Å²) in [6, 6.07) is 3.31. The van der Waals surface area contributed by atoms with Crippen molar-refractivity contribution in [3.05, 3.63) is 33.0 Å².